The van der Waals surface area contributed by atoms with Crippen molar-refractivity contribution in [3.63, 3.8) is 0 Å². The van der Waals surface area contributed by atoms with Crippen molar-refractivity contribution in [2.24, 2.45) is 0 Å². The van der Waals surface area contributed by atoms with Gasteiger partial charge in [-0.1, -0.05) is 4.49 Å². The number of rotatable bonds is 4. The molecule has 0 fully saturated rings. The Hall–Kier alpha value is -2.79. The van der Waals surface area contributed by atoms with Gasteiger partial charge in [0.15, 0.2) is 9.90 Å². The number of nitrogens with one attached hydrogen (secondary N) is 1. The molecule has 0 bridgehead atoms. The summed E-state index contributed by atoms with van der Waals surface area (Å²) < 4.78 is 67.8. The fraction of sp³-hybridized carbons (Fsp3) is 0. The molecule has 0 unspecified atom stereocenters. The monoisotopic (exact) mass is 399 g/mol. The molecule has 134 valence electrons. The second kappa shape index (κ2) is 6.84. The lowest BCUT2D eigenvalue weighted by molar-refractivity contribution is 0.101. The van der Waals surface area contributed by atoms with Gasteiger partial charge in [0.1, 0.15) is 22.3 Å². The predicted octanol–water partition coefficient (Wildman–Crippen LogP) is 3.04. The molecule has 3 rings (SSSR count). The van der Waals surface area contributed by atoms with Crippen molar-refractivity contribution in [3.8, 4) is 0 Å². The van der Waals surface area contributed by atoms with Crippen molar-refractivity contribution in [1.82, 2.24) is 9.59 Å². The number of carbonyl (C=O) groups excluding carboxylic acids is 1. The van der Waals surface area contributed by atoms with Crippen LogP contribution in [0.1, 0.15) is 10.5 Å². The van der Waals surface area contributed by atoms with Gasteiger partial charge in [-0.2, -0.15) is 0 Å². The minimum absolute atomic E-state index is 0.195. The van der Waals surface area contributed by atoms with E-state index in [4.69, 9.17) is 0 Å². The third-order valence-corrected chi connectivity index (χ3v) is 6.20. The zero-order chi connectivity index (χ0) is 18.9. The molecule has 0 atom stereocenters. The van der Waals surface area contributed by atoms with Crippen LogP contribution in [0.4, 0.5) is 18.9 Å². The fourth-order valence-corrected chi connectivity index (χ4v) is 4.34. The SMILES string of the molecule is O=C(Nc1ccc(F)cc1)c1nnsc1S(=O)(=O)c1ccc(F)cc1F. The van der Waals surface area contributed by atoms with Crippen LogP contribution >= 0.6 is 11.5 Å². The second-order valence-electron chi connectivity index (χ2n) is 4.95. The van der Waals surface area contributed by atoms with Crippen LogP contribution in [0, 0.1) is 17.5 Å². The van der Waals surface area contributed by atoms with Crippen molar-refractivity contribution in [3.05, 3.63) is 65.6 Å². The maximum Gasteiger partial charge on any atom is 0.278 e. The van der Waals surface area contributed by atoms with Crippen LogP contribution in [-0.2, 0) is 9.84 Å². The molecule has 1 N–H and O–H groups in total. The molecule has 0 aliphatic heterocycles. The van der Waals surface area contributed by atoms with E-state index in [-0.39, 0.29) is 5.69 Å². The summed E-state index contributed by atoms with van der Waals surface area (Å²) >= 11 is 0.375. The Labute approximate surface area is 149 Å². The van der Waals surface area contributed by atoms with E-state index in [0.717, 1.165) is 24.3 Å². The van der Waals surface area contributed by atoms with Gasteiger partial charge in [0.2, 0.25) is 9.84 Å². The van der Waals surface area contributed by atoms with Gasteiger partial charge < -0.3 is 5.32 Å². The molecule has 1 amide bonds. The number of halogens is 3. The van der Waals surface area contributed by atoms with Crippen LogP contribution in [0.2, 0.25) is 0 Å². The maximum atomic E-state index is 13.9. The number of anilines is 1. The topological polar surface area (TPSA) is 89.0 Å². The van der Waals surface area contributed by atoms with Crippen LogP contribution in [0.3, 0.4) is 0 Å². The minimum Gasteiger partial charge on any atom is -0.321 e. The molecule has 1 heterocycles. The molecule has 0 spiro atoms. The normalized spacial score (nSPS) is 11.3. The van der Waals surface area contributed by atoms with E-state index in [1.54, 1.807) is 0 Å². The van der Waals surface area contributed by atoms with E-state index in [2.05, 4.69) is 14.9 Å². The van der Waals surface area contributed by atoms with Crippen molar-refractivity contribution in [1.29, 1.82) is 0 Å². The number of aromatic nitrogens is 2. The van der Waals surface area contributed by atoms with Crippen LogP contribution in [0.25, 0.3) is 0 Å². The predicted molar refractivity (Wildman–Crippen MR) is 86.1 cm³/mol. The molecule has 0 saturated carbocycles. The van der Waals surface area contributed by atoms with Gasteiger partial charge in [-0.3, -0.25) is 4.79 Å². The number of nitrogens with zero attached hydrogens (tertiary/aromatic N) is 2. The Kier molecular flexibility index (Phi) is 4.74. The summed E-state index contributed by atoms with van der Waals surface area (Å²) in [5, 5.41) is 5.82. The Morgan fingerprint density at radius 3 is 2.31 bits per heavy atom. The minimum atomic E-state index is -4.49. The first-order valence-corrected chi connectivity index (χ1v) is 9.14. The van der Waals surface area contributed by atoms with Crippen molar-refractivity contribution in [2.75, 3.05) is 5.32 Å². The van der Waals surface area contributed by atoms with Gasteiger partial charge in [0, 0.05) is 23.3 Å². The van der Waals surface area contributed by atoms with Crippen LogP contribution in [-0.4, -0.2) is 23.9 Å². The average Bonchev–Trinajstić information content (AvgIpc) is 3.07. The Balaban J connectivity index is 1.97. The van der Waals surface area contributed by atoms with Gasteiger partial charge in [-0.25, -0.2) is 21.6 Å². The van der Waals surface area contributed by atoms with Gasteiger partial charge in [0.05, 0.1) is 0 Å². The van der Waals surface area contributed by atoms with E-state index in [1.807, 2.05) is 0 Å². The number of benzene rings is 2. The third-order valence-electron chi connectivity index (χ3n) is 3.20. The summed E-state index contributed by atoms with van der Waals surface area (Å²) in [7, 11) is -4.49. The van der Waals surface area contributed by atoms with E-state index < -0.39 is 48.0 Å². The molecule has 11 heteroatoms. The van der Waals surface area contributed by atoms with Crippen LogP contribution in [0.15, 0.2) is 51.6 Å². The largest absolute Gasteiger partial charge is 0.321 e. The molecular formula is C15H8F3N3O3S2. The zero-order valence-electron chi connectivity index (χ0n) is 12.6. The Bertz CT molecular complexity index is 1080. The molecule has 0 aliphatic carbocycles. The van der Waals surface area contributed by atoms with Crippen molar-refractivity contribution in [2.45, 2.75) is 9.10 Å². The highest BCUT2D eigenvalue weighted by atomic mass is 32.2. The molecule has 2 aromatic carbocycles. The van der Waals surface area contributed by atoms with Gasteiger partial charge in [0.25, 0.3) is 5.91 Å². The molecule has 0 aliphatic rings. The summed E-state index contributed by atoms with van der Waals surface area (Å²) in [6.07, 6.45) is 0. The number of hydrogen-bond donors (Lipinski definition) is 1. The smallest absolute Gasteiger partial charge is 0.278 e. The standard InChI is InChI=1S/C15H8F3N3O3S2/c16-8-1-4-10(5-2-8)19-14(22)13-15(25-21-20-13)26(23,24)12-6-3-9(17)7-11(12)18/h1-7H,(H,19,22). The number of sulfone groups is 1. The number of hydrogen-bond acceptors (Lipinski definition) is 6. The molecule has 0 radical (unpaired) electrons. The first-order valence-electron chi connectivity index (χ1n) is 6.88. The maximum absolute atomic E-state index is 13.9. The molecule has 1 aromatic heterocycles. The Morgan fingerprint density at radius 2 is 1.65 bits per heavy atom. The summed E-state index contributed by atoms with van der Waals surface area (Å²) in [5.74, 6) is -3.69. The van der Waals surface area contributed by atoms with Crippen molar-refractivity contribution < 1.29 is 26.4 Å². The first-order chi connectivity index (χ1) is 12.3. The molecule has 3 aromatic rings. The van der Waals surface area contributed by atoms with Gasteiger partial charge in [-0.05, 0) is 36.4 Å². The van der Waals surface area contributed by atoms with E-state index in [0.29, 0.717) is 17.6 Å². The zero-order valence-corrected chi connectivity index (χ0v) is 14.2. The third kappa shape index (κ3) is 3.44. The lowest BCUT2D eigenvalue weighted by Crippen LogP contribution is -2.16. The van der Waals surface area contributed by atoms with Crippen LogP contribution < -0.4 is 5.32 Å². The first kappa shape index (κ1) is 18.0. The highest BCUT2D eigenvalue weighted by Crippen LogP contribution is 2.28. The van der Waals surface area contributed by atoms with Crippen LogP contribution in [0.5, 0.6) is 0 Å². The fourth-order valence-electron chi connectivity index (χ4n) is 2.01. The number of amides is 1. The molecule has 6 nitrogen and oxygen atoms in total. The highest BCUT2D eigenvalue weighted by molar-refractivity contribution is 7.93. The molecular weight excluding hydrogens is 391 g/mol. The summed E-state index contributed by atoms with van der Waals surface area (Å²) in [6.45, 7) is 0. The molecule has 0 saturated heterocycles. The van der Waals surface area contributed by atoms with Gasteiger partial charge >= 0.3 is 0 Å². The molecule has 26 heavy (non-hydrogen) atoms. The van der Waals surface area contributed by atoms with Gasteiger partial charge in [-0.15, -0.1) is 5.10 Å². The average molecular weight is 399 g/mol. The van der Waals surface area contributed by atoms with E-state index in [1.165, 1.54) is 12.1 Å². The lowest BCUT2D eigenvalue weighted by Gasteiger charge is -2.06. The van der Waals surface area contributed by atoms with E-state index >= 15 is 0 Å². The summed E-state index contributed by atoms with van der Waals surface area (Å²) in [5.41, 5.74) is -0.358. The second-order valence-corrected chi connectivity index (χ2v) is 7.82. The quantitative estimate of drug-likeness (QED) is 0.681. The summed E-state index contributed by atoms with van der Waals surface area (Å²) in [4.78, 5) is 11.5. The number of carbonyl (C=O) groups is 1. The lowest BCUT2D eigenvalue weighted by atomic mass is 10.3. The highest BCUT2D eigenvalue weighted by Gasteiger charge is 2.31. The van der Waals surface area contributed by atoms with Crippen molar-refractivity contribution >= 4 is 33.0 Å². The summed E-state index contributed by atoms with van der Waals surface area (Å²) in [6, 6.07) is 6.67. The Morgan fingerprint density at radius 1 is 1.00 bits per heavy atom. The van der Waals surface area contributed by atoms with E-state index in [9.17, 15) is 26.4 Å².